The van der Waals surface area contributed by atoms with E-state index < -0.39 is 0 Å². The summed E-state index contributed by atoms with van der Waals surface area (Å²) < 4.78 is 0. The number of aromatic nitrogens is 2. The van der Waals surface area contributed by atoms with Gasteiger partial charge in [-0.1, -0.05) is 0 Å². The van der Waals surface area contributed by atoms with Crippen LogP contribution in [-0.2, 0) is 0 Å². The van der Waals surface area contributed by atoms with E-state index in [-0.39, 0.29) is 0 Å². The minimum Gasteiger partial charge on any atom is -0.355 e. The van der Waals surface area contributed by atoms with Crippen LogP contribution in [0.15, 0.2) is 18.3 Å². The fraction of sp³-hybridized carbons (Fsp3) is 0.667. The lowest BCUT2D eigenvalue weighted by atomic mass is 9.93. The predicted molar refractivity (Wildman–Crippen MR) is 65.5 cm³/mol. The molecule has 1 N–H and O–H groups in total. The highest BCUT2D eigenvalue weighted by Gasteiger charge is 2.19. The van der Waals surface area contributed by atoms with Crippen LogP contribution in [-0.4, -0.2) is 36.9 Å². The highest BCUT2D eigenvalue weighted by atomic mass is 15.3. The molecule has 0 aromatic carbocycles. The number of piperidine rings is 1. The number of hydrogen-bond acceptors (Lipinski definition) is 4. The average Bonchev–Trinajstić information content (AvgIpc) is 2.38. The monoisotopic (exact) mass is 220 g/mol. The van der Waals surface area contributed by atoms with Gasteiger partial charge < -0.3 is 10.2 Å². The molecule has 1 aromatic rings. The summed E-state index contributed by atoms with van der Waals surface area (Å²) in [6, 6.07) is 4.00. The summed E-state index contributed by atoms with van der Waals surface area (Å²) in [4.78, 5) is 2.34. The van der Waals surface area contributed by atoms with Crippen LogP contribution in [0, 0.1) is 5.92 Å². The van der Waals surface area contributed by atoms with Gasteiger partial charge in [0, 0.05) is 19.3 Å². The van der Waals surface area contributed by atoms with Crippen molar-refractivity contribution in [3.63, 3.8) is 0 Å². The van der Waals surface area contributed by atoms with Gasteiger partial charge in [0.05, 0.1) is 0 Å². The van der Waals surface area contributed by atoms with Crippen molar-refractivity contribution in [3.8, 4) is 0 Å². The van der Waals surface area contributed by atoms with Crippen LogP contribution in [0.3, 0.4) is 0 Å². The number of nitrogens with zero attached hydrogens (tertiary/aromatic N) is 3. The molecule has 0 atom stereocenters. The largest absolute Gasteiger partial charge is 0.355 e. The molecule has 16 heavy (non-hydrogen) atoms. The Hall–Kier alpha value is -1.16. The summed E-state index contributed by atoms with van der Waals surface area (Å²) in [7, 11) is 2.02. The van der Waals surface area contributed by atoms with Crippen LogP contribution >= 0.6 is 0 Å². The van der Waals surface area contributed by atoms with E-state index in [1.807, 2.05) is 19.2 Å². The molecule has 1 aromatic heterocycles. The zero-order valence-corrected chi connectivity index (χ0v) is 9.89. The van der Waals surface area contributed by atoms with Gasteiger partial charge in [0.15, 0.2) is 5.82 Å². The van der Waals surface area contributed by atoms with E-state index in [1.165, 1.54) is 19.3 Å². The summed E-state index contributed by atoms with van der Waals surface area (Å²) in [5, 5.41) is 11.3. The second-order valence-corrected chi connectivity index (χ2v) is 4.40. The average molecular weight is 220 g/mol. The SMILES string of the molecule is CNCCC1CCN(c2cccnn2)CC1. The number of hydrogen-bond donors (Lipinski definition) is 1. The highest BCUT2D eigenvalue weighted by molar-refractivity contribution is 5.36. The third-order valence-corrected chi connectivity index (χ3v) is 3.30. The molecule has 0 aliphatic carbocycles. The van der Waals surface area contributed by atoms with Gasteiger partial charge in [0.1, 0.15) is 0 Å². The lowest BCUT2D eigenvalue weighted by Crippen LogP contribution is -2.35. The lowest BCUT2D eigenvalue weighted by molar-refractivity contribution is 0.376. The molecule has 0 amide bonds. The van der Waals surface area contributed by atoms with Crippen molar-refractivity contribution >= 4 is 5.82 Å². The Bertz CT molecular complexity index is 293. The van der Waals surface area contributed by atoms with Gasteiger partial charge in [-0.3, -0.25) is 0 Å². The fourth-order valence-corrected chi connectivity index (χ4v) is 2.26. The molecular weight excluding hydrogens is 200 g/mol. The fourth-order valence-electron chi connectivity index (χ4n) is 2.26. The molecule has 2 rings (SSSR count). The summed E-state index contributed by atoms with van der Waals surface area (Å²) in [5.41, 5.74) is 0. The molecule has 0 bridgehead atoms. The topological polar surface area (TPSA) is 41.0 Å². The van der Waals surface area contributed by atoms with Gasteiger partial charge >= 0.3 is 0 Å². The minimum atomic E-state index is 0.875. The molecule has 0 unspecified atom stereocenters. The molecule has 4 nitrogen and oxygen atoms in total. The molecule has 1 aliphatic heterocycles. The third-order valence-electron chi connectivity index (χ3n) is 3.30. The van der Waals surface area contributed by atoms with Crippen LogP contribution < -0.4 is 10.2 Å². The normalized spacial score (nSPS) is 17.7. The van der Waals surface area contributed by atoms with Crippen LogP contribution in [0.1, 0.15) is 19.3 Å². The van der Waals surface area contributed by atoms with E-state index in [9.17, 15) is 0 Å². The van der Waals surface area contributed by atoms with E-state index in [2.05, 4.69) is 20.4 Å². The molecule has 4 heteroatoms. The lowest BCUT2D eigenvalue weighted by Gasteiger charge is -2.32. The molecule has 2 heterocycles. The van der Waals surface area contributed by atoms with Gasteiger partial charge in [-0.15, -0.1) is 5.10 Å². The maximum absolute atomic E-state index is 4.15. The smallest absolute Gasteiger partial charge is 0.151 e. The van der Waals surface area contributed by atoms with Gasteiger partial charge in [-0.2, -0.15) is 5.10 Å². The molecular formula is C12H20N4. The van der Waals surface area contributed by atoms with Crippen molar-refractivity contribution in [2.75, 3.05) is 31.6 Å². The van der Waals surface area contributed by atoms with E-state index in [0.717, 1.165) is 31.4 Å². The number of anilines is 1. The standard InChI is InChI=1S/C12H20N4/c1-13-8-4-11-5-9-16(10-6-11)12-3-2-7-14-15-12/h2-3,7,11,13H,4-6,8-10H2,1H3. The van der Waals surface area contributed by atoms with Crippen LogP contribution in [0.2, 0.25) is 0 Å². The van der Waals surface area contributed by atoms with E-state index in [0.29, 0.717) is 0 Å². The van der Waals surface area contributed by atoms with Gasteiger partial charge in [0.25, 0.3) is 0 Å². The first-order chi connectivity index (χ1) is 7.90. The van der Waals surface area contributed by atoms with Crippen molar-refractivity contribution in [1.82, 2.24) is 15.5 Å². The first-order valence-electron chi connectivity index (χ1n) is 6.07. The van der Waals surface area contributed by atoms with E-state index >= 15 is 0 Å². The van der Waals surface area contributed by atoms with E-state index in [4.69, 9.17) is 0 Å². The Morgan fingerprint density at radius 1 is 1.44 bits per heavy atom. The summed E-state index contributed by atoms with van der Waals surface area (Å²) in [6.45, 7) is 3.37. The highest BCUT2D eigenvalue weighted by Crippen LogP contribution is 2.22. The van der Waals surface area contributed by atoms with Crippen LogP contribution in [0.25, 0.3) is 0 Å². The van der Waals surface area contributed by atoms with Gasteiger partial charge in [0.2, 0.25) is 0 Å². The molecule has 1 fully saturated rings. The first kappa shape index (κ1) is 11.3. The van der Waals surface area contributed by atoms with Gasteiger partial charge in [-0.25, -0.2) is 0 Å². The number of rotatable bonds is 4. The summed E-state index contributed by atoms with van der Waals surface area (Å²) >= 11 is 0. The zero-order chi connectivity index (χ0) is 11.2. The molecule has 0 radical (unpaired) electrons. The van der Waals surface area contributed by atoms with Crippen molar-refractivity contribution < 1.29 is 0 Å². The number of nitrogens with one attached hydrogen (secondary N) is 1. The maximum Gasteiger partial charge on any atom is 0.151 e. The van der Waals surface area contributed by atoms with Crippen molar-refractivity contribution in [2.24, 2.45) is 5.92 Å². The Balaban J connectivity index is 1.81. The molecule has 0 saturated carbocycles. The van der Waals surface area contributed by atoms with E-state index in [1.54, 1.807) is 6.20 Å². The molecule has 1 aliphatic rings. The van der Waals surface area contributed by atoms with Crippen LogP contribution in [0.5, 0.6) is 0 Å². The van der Waals surface area contributed by atoms with Crippen molar-refractivity contribution in [1.29, 1.82) is 0 Å². The van der Waals surface area contributed by atoms with Crippen LogP contribution in [0.4, 0.5) is 5.82 Å². The quantitative estimate of drug-likeness (QED) is 0.830. The van der Waals surface area contributed by atoms with Gasteiger partial charge in [-0.05, 0) is 50.9 Å². The third kappa shape index (κ3) is 2.92. The summed E-state index contributed by atoms with van der Waals surface area (Å²) in [5.74, 6) is 1.90. The predicted octanol–water partition coefficient (Wildman–Crippen LogP) is 1.30. The maximum atomic E-state index is 4.15. The summed E-state index contributed by atoms with van der Waals surface area (Å²) in [6.07, 6.45) is 5.57. The van der Waals surface area contributed by atoms with Crippen molar-refractivity contribution in [3.05, 3.63) is 18.3 Å². The second kappa shape index (κ2) is 5.80. The Kier molecular flexibility index (Phi) is 4.10. The molecule has 0 spiro atoms. The Morgan fingerprint density at radius 2 is 2.25 bits per heavy atom. The first-order valence-corrected chi connectivity index (χ1v) is 6.07. The van der Waals surface area contributed by atoms with Crippen molar-refractivity contribution in [2.45, 2.75) is 19.3 Å². The Morgan fingerprint density at radius 3 is 2.88 bits per heavy atom. The Labute approximate surface area is 97.1 Å². The molecule has 1 saturated heterocycles. The minimum absolute atomic E-state index is 0.875. The second-order valence-electron chi connectivity index (χ2n) is 4.40. The molecule has 88 valence electrons. The zero-order valence-electron chi connectivity index (χ0n) is 9.89.